The van der Waals surface area contributed by atoms with E-state index in [4.69, 9.17) is 0 Å². The highest BCUT2D eigenvalue weighted by molar-refractivity contribution is 5.83. The van der Waals surface area contributed by atoms with Crippen LogP contribution in [0, 0.1) is 17.8 Å². The maximum Gasteiger partial charge on any atom is 0.132 e. The van der Waals surface area contributed by atoms with Crippen LogP contribution in [0.25, 0.3) is 0 Å². The van der Waals surface area contributed by atoms with Crippen molar-refractivity contribution in [3.8, 4) is 0 Å². The minimum absolute atomic E-state index is 0.0900. The molecule has 1 rings (SSSR count). The lowest BCUT2D eigenvalue weighted by atomic mass is 9.73. The van der Waals surface area contributed by atoms with Crippen molar-refractivity contribution in [3.05, 3.63) is 0 Å². The monoisotopic (exact) mass is 196 g/mol. The van der Waals surface area contributed by atoms with Crippen LogP contribution in [0.1, 0.15) is 33.1 Å². The van der Waals surface area contributed by atoms with Crippen LogP contribution < -0.4 is 0 Å². The Labute approximate surface area is 83.9 Å². The Morgan fingerprint density at radius 3 is 1.71 bits per heavy atom. The summed E-state index contributed by atoms with van der Waals surface area (Å²) in [7, 11) is 0. The molecule has 14 heavy (non-hydrogen) atoms. The number of carbonyl (C=O) groups is 3. The molecule has 1 saturated carbocycles. The normalized spacial score (nSPS) is 32.3. The molecule has 78 valence electrons. The maximum atomic E-state index is 11.2. The minimum Gasteiger partial charge on any atom is -0.303 e. The molecule has 2 atom stereocenters. The second kappa shape index (κ2) is 4.49. The molecule has 1 aliphatic rings. The zero-order chi connectivity index (χ0) is 10.7. The second-order valence-electron chi connectivity index (χ2n) is 4.22. The summed E-state index contributed by atoms with van der Waals surface area (Å²) in [6, 6.07) is 0. The number of rotatable bonds is 3. The fraction of sp³-hybridized carbons (Fsp3) is 0.727. The molecule has 3 nitrogen and oxygen atoms in total. The summed E-state index contributed by atoms with van der Waals surface area (Å²) in [4.78, 5) is 33.1. The molecule has 0 heterocycles. The van der Waals surface area contributed by atoms with Gasteiger partial charge in [-0.05, 0) is 33.1 Å². The van der Waals surface area contributed by atoms with Crippen LogP contribution in [0.15, 0.2) is 0 Å². The Morgan fingerprint density at radius 1 is 1.00 bits per heavy atom. The van der Waals surface area contributed by atoms with Gasteiger partial charge < -0.3 is 4.79 Å². The van der Waals surface area contributed by atoms with E-state index in [1.807, 2.05) is 0 Å². The highest BCUT2D eigenvalue weighted by atomic mass is 16.1. The largest absolute Gasteiger partial charge is 0.303 e. The van der Waals surface area contributed by atoms with Gasteiger partial charge >= 0.3 is 0 Å². The average Bonchev–Trinajstić information content (AvgIpc) is 2.16. The number of aldehydes is 1. The molecule has 0 amide bonds. The first-order valence-corrected chi connectivity index (χ1v) is 5.00. The van der Waals surface area contributed by atoms with Crippen molar-refractivity contribution in [3.63, 3.8) is 0 Å². The summed E-state index contributed by atoms with van der Waals surface area (Å²) in [5.74, 6) is -0.0853. The maximum absolute atomic E-state index is 11.2. The van der Waals surface area contributed by atoms with Gasteiger partial charge in [0.1, 0.15) is 17.9 Å². The Bertz CT molecular complexity index is 235. The lowest BCUT2D eigenvalue weighted by Gasteiger charge is -2.29. The van der Waals surface area contributed by atoms with Crippen molar-refractivity contribution in [1.82, 2.24) is 0 Å². The van der Waals surface area contributed by atoms with Gasteiger partial charge in [0.05, 0.1) is 0 Å². The van der Waals surface area contributed by atoms with Gasteiger partial charge in [-0.15, -0.1) is 0 Å². The molecule has 0 aliphatic heterocycles. The summed E-state index contributed by atoms with van der Waals surface area (Å²) < 4.78 is 0. The van der Waals surface area contributed by atoms with Crippen molar-refractivity contribution in [2.75, 3.05) is 0 Å². The van der Waals surface area contributed by atoms with Crippen LogP contribution in [0.3, 0.4) is 0 Å². The van der Waals surface area contributed by atoms with E-state index >= 15 is 0 Å². The van der Waals surface area contributed by atoms with E-state index in [2.05, 4.69) is 0 Å². The van der Waals surface area contributed by atoms with E-state index in [9.17, 15) is 14.4 Å². The van der Waals surface area contributed by atoms with Crippen LogP contribution >= 0.6 is 0 Å². The molecule has 0 aromatic heterocycles. The topological polar surface area (TPSA) is 51.2 Å². The van der Waals surface area contributed by atoms with Gasteiger partial charge in [0, 0.05) is 17.8 Å². The van der Waals surface area contributed by atoms with Crippen LogP contribution in [0.2, 0.25) is 0 Å². The van der Waals surface area contributed by atoms with Crippen molar-refractivity contribution in [2.45, 2.75) is 33.1 Å². The van der Waals surface area contributed by atoms with Gasteiger partial charge in [0.2, 0.25) is 0 Å². The van der Waals surface area contributed by atoms with Gasteiger partial charge in [-0.25, -0.2) is 0 Å². The molecule has 2 unspecified atom stereocenters. The van der Waals surface area contributed by atoms with E-state index in [1.165, 1.54) is 13.8 Å². The molecule has 0 spiro atoms. The van der Waals surface area contributed by atoms with E-state index in [-0.39, 0.29) is 29.3 Å². The standard InChI is InChI=1S/C11H16O3/c1-7(13)10-3-9(6-12)4-11(5-10)8(2)14/h6,9-11H,3-5H2,1-2H3. The lowest BCUT2D eigenvalue weighted by Crippen LogP contribution is -2.30. The summed E-state index contributed by atoms with van der Waals surface area (Å²) >= 11 is 0. The summed E-state index contributed by atoms with van der Waals surface area (Å²) in [6.45, 7) is 3.07. The number of ketones is 2. The molecule has 0 aromatic carbocycles. The Hall–Kier alpha value is -0.990. The van der Waals surface area contributed by atoms with Crippen LogP contribution in [0.5, 0.6) is 0 Å². The van der Waals surface area contributed by atoms with Crippen LogP contribution in [0.4, 0.5) is 0 Å². The predicted molar refractivity (Wildman–Crippen MR) is 51.7 cm³/mol. The summed E-state index contributed by atoms with van der Waals surface area (Å²) in [5.41, 5.74) is 0. The fourth-order valence-corrected chi connectivity index (χ4v) is 2.14. The van der Waals surface area contributed by atoms with Gasteiger partial charge in [0.25, 0.3) is 0 Å². The zero-order valence-corrected chi connectivity index (χ0v) is 8.66. The molecule has 3 heteroatoms. The van der Waals surface area contributed by atoms with E-state index < -0.39 is 0 Å². The van der Waals surface area contributed by atoms with Crippen molar-refractivity contribution < 1.29 is 14.4 Å². The molecule has 1 fully saturated rings. The molecular weight excluding hydrogens is 180 g/mol. The number of hydrogen-bond donors (Lipinski definition) is 0. The smallest absolute Gasteiger partial charge is 0.132 e. The third-order valence-corrected chi connectivity index (χ3v) is 3.09. The molecular formula is C11H16O3. The highest BCUT2D eigenvalue weighted by Crippen LogP contribution is 2.33. The SMILES string of the molecule is CC(=O)C1CC(C=O)CC(C(C)=O)C1. The van der Waals surface area contributed by atoms with E-state index in [0.717, 1.165) is 6.29 Å². The van der Waals surface area contributed by atoms with Crippen molar-refractivity contribution >= 4 is 17.9 Å². The Morgan fingerprint density at radius 2 is 1.43 bits per heavy atom. The zero-order valence-electron chi connectivity index (χ0n) is 8.66. The van der Waals surface area contributed by atoms with Gasteiger partial charge in [-0.2, -0.15) is 0 Å². The highest BCUT2D eigenvalue weighted by Gasteiger charge is 2.32. The number of Topliss-reactive ketones (excluding diaryl/α,β-unsaturated/α-hetero) is 2. The second-order valence-corrected chi connectivity index (χ2v) is 4.22. The third-order valence-electron chi connectivity index (χ3n) is 3.09. The quantitative estimate of drug-likeness (QED) is 0.641. The predicted octanol–water partition coefficient (Wildman–Crippen LogP) is 1.40. The molecule has 0 bridgehead atoms. The molecule has 0 saturated heterocycles. The Balaban J connectivity index is 2.70. The van der Waals surface area contributed by atoms with Gasteiger partial charge in [-0.3, -0.25) is 9.59 Å². The number of hydrogen-bond acceptors (Lipinski definition) is 3. The first-order chi connectivity index (χ1) is 6.54. The average molecular weight is 196 g/mol. The minimum atomic E-state index is -0.105. The molecule has 1 aliphatic carbocycles. The first kappa shape index (κ1) is 11.1. The molecule has 0 N–H and O–H groups in total. The van der Waals surface area contributed by atoms with Crippen LogP contribution in [-0.4, -0.2) is 17.9 Å². The summed E-state index contributed by atoms with van der Waals surface area (Å²) in [6.07, 6.45) is 2.77. The van der Waals surface area contributed by atoms with E-state index in [0.29, 0.717) is 19.3 Å². The number of carbonyl (C=O) groups excluding carboxylic acids is 3. The fourth-order valence-electron chi connectivity index (χ4n) is 2.14. The molecule has 0 radical (unpaired) electrons. The molecule has 0 aromatic rings. The third kappa shape index (κ3) is 2.50. The van der Waals surface area contributed by atoms with Crippen LogP contribution in [-0.2, 0) is 14.4 Å². The van der Waals surface area contributed by atoms with Gasteiger partial charge in [-0.1, -0.05) is 0 Å². The summed E-state index contributed by atoms with van der Waals surface area (Å²) in [5, 5.41) is 0. The van der Waals surface area contributed by atoms with E-state index in [1.54, 1.807) is 0 Å². The van der Waals surface area contributed by atoms with Crippen molar-refractivity contribution in [1.29, 1.82) is 0 Å². The first-order valence-electron chi connectivity index (χ1n) is 5.00. The Kier molecular flexibility index (Phi) is 3.55. The van der Waals surface area contributed by atoms with Gasteiger partial charge in [0.15, 0.2) is 0 Å². The van der Waals surface area contributed by atoms with Crippen molar-refractivity contribution in [2.24, 2.45) is 17.8 Å². The lowest BCUT2D eigenvalue weighted by molar-refractivity contribution is -0.127.